The minimum absolute atomic E-state index is 0.939. The lowest BCUT2D eigenvalue weighted by Crippen LogP contribution is -2.26. The Bertz CT molecular complexity index is 370. The molecule has 15 heavy (non-hydrogen) atoms. The maximum Gasteiger partial charge on any atom is 0.0913 e. The Morgan fingerprint density at radius 3 is 3.13 bits per heavy atom. The maximum atomic E-state index is 4.29. The van der Waals surface area contributed by atoms with Gasteiger partial charge in [-0.1, -0.05) is 30.4 Å². The summed E-state index contributed by atoms with van der Waals surface area (Å²) in [5.41, 5.74) is 2.44. The van der Waals surface area contributed by atoms with Crippen LogP contribution < -0.4 is 0 Å². The summed E-state index contributed by atoms with van der Waals surface area (Å²) in [5.74, 6) is 0. The minimum atomic E-state index is 0.939. The van der Waals surface area contributed by atoms with Gasteiger partial charge in [-0.3, -0.25) is 0 Å². The first kappa shape index (κ1) is 9.97. The van der Waals surface area contributed by atoms with Gasteiger partial charge in [-0.05, 0) is 25.0 Å². The number of allylic oxidation sites excluding steroid dienone is 5. The highest BCUT2D eigenvalue weighted by atomic mass is 15.2. The van der Waals surface area contributed by atoms with Crippen molar-refractivity contribution in [2.75, 3.05) is 13.1 Å². The van der Waals surface area contributed by atoms with Crippen molar-refractivity contribution in [1.82, 2.24) is 4.90 Å². The Kier molecular flexibility index (Phi) is 3.18. The highest BCUT2D eigenvalue weighted by Crippen LogP contribution is 2.09. The summed E-state index contributed by atoms with van der Waals surface area (Å²) in [5, 5.41) is 0. The van der Waals surface area contributed by atoms with E-state index in [1.165, 1.54) is 5.57 Å². The van der Waals surface area contributed by atoms with Crippen LogP contribution in [-0.4, -0.2) is 24.3 Å². The molecular weight excluding hydrogens is 184 g/mol. The number of rotatable bonds is 2. The van der Waals surface area contributed by atoms with Gasteiger partial charge in [0, 0.05) is 18.8 Å². The second-order valence-electron chi connectivity index (χ2n) is 3.83. The van der Waals surface area contributed by atoms with Gasteiger partial charge in [0.2, 0.25) is 0 Å². The zero-order chi connectivity index (χ0) is 10.5. The second kappa shape index (κ2) is 4.78. The largest absolute Gasteiger partial charge is 0.354 e. The van der Waals surface area contributed by atoms with Crippen LogP contribution in [0.5, 0.6) is 0 Å². The molecule has 0 bridgehead atoms. The third-order valence-electron chi connectivity index (χ3n) is 2.48. The summed E-state index contributed by atoms with van der Waals surface area (Å²) in [6.45, 7) is 3.93. The van der Waals surface area contributed by atoms with Crippen molar-refractivity contribution in [3.63, 3.8) is 0 Å². The standard InChI is InChI=1S/C13H16N2/c1-12-8-9-15(11-14-12)10-13-6-4-2-3-5-7-13/h2,4-8,11H,3,9-10H2,1H3. The van der Waals surface area contributed by atoms with Crippen LogP contribution in [0.1, 0.15) is 13.3 Å². The Morgan fingerprint density at radius 2 is 2.33 bits per heavy atom. The molecule has 78 valence electrons. The van der Waals surface area contributed by atoms with E-state index < -0.39 is 0 Å². The number of aliphatic imine (C=N–C) groups is 1. The average Bonchev–Trinajstić information content (AvgIpc) is 2.50. The van der Waals surface area contributed by atoms with Gasteiger partial charge in [-0.25, -0.2) is 4.99 Å². The third kappa shape index (κ3) is 2.94. The molecule has 0 fully saturated rings. The first-order valence-corrected chi connectivity index (χ1v) is 5.32. The van der Waals surface area contributed by atoms with Crippen molar-refractivity contribution in [2.24, 2.45) is 4.99 Å². The van der Waals surface area contributed by atoms with E-state index in [2.05, 4.69) is 46.3 Å². The predicted molar refractivity (Wildman–Crippen MR) is 64.8 cm³/mol. The fourth-order valence-corrected chi connectivity index (χ4v) is 1.59. The van der Waals surface area contributed by atoms with Gasteiger partial charge < -0.3 is 4.90 Å². The number of hydrogen-bond acceptors (Lipinski definition) is 2. The van der Waals surface area contributed by atoms with Crippen molar-refractivity contribution in [1.29, 1.82) is 0 Å². The lowest BCUT2D eigenvalue weighted by molar-refractivity contribution is 0.511. The lowest BCUT2D eigenvalue weighted by Gasteiger charge is -2.21. The molecule has 0 saturated carbocycles. The Labute approximate surface area is 91.0 Å². The Hall–Kier alpha value is -1.57. The Morgan fingerprint density at radius 1 is 1.40 bits per heavy atom. The molecule has 0 unspecified atom stereocenters. The van der Waals surface area contributed by atoms with E-state index in [4.69, 9.17) is 0 Å². The van der Waals surface area contributed by atoms with Crippen LogP contribution in [0.3, 0.4) is 0 Å². The van der Waals surface area contributed by atoms with Crippen LogP contribution in [0.4, 0.5) is 0 Å². The number of nitrogens with zero attached hydrogens (tertiary/aromatic N) is 2. The van der Waals surface area contributed by atoms with Gasteiger partial charge in [0.25, 0.3) is 0 Å². The molecule has 0 saturated heterocycles. The molecule has 0 aromatic heterocycles. The summed E-state index contributed by atoms with van der Waals surface area (Å²) in [6, 6.07) is 0. The van der Waals surface area contributed by atoms with Crippen LogP contribution in [0, 0.1) is 0 Å². The molecule has 0 radical (unpaired) electrons. The van der Waals surface area contributed by atoms with Gasteiger partial charge in [0.1, 0.15) is 0 Å². The summed E-state index contributed by atoms with van der Waals surface area (Å²) in [7, 11) is 0. The average molecular weight is 200 g/mol. The molecule has 2 rings (SSSR count). The zero-order valence-electron chi connectivity index (χ0n) is 9.06. The van der Waals surface area contributed by atoms with Crippen molar-refractivity contribution in [3.05, 3.63) is 47.7 Å². The number of hydrogen-bond donors (Lipinski definition) is 0. The molecule has 1 aliphatic carbocycles. The summed E-state index contributed by atoms with van der Waals surface area (Å²) >= 11 is 0. The summed E-state index contributed by atoms with van der Waals surface area (Å²) in [4.78, 5) is 6.50. The smallest absolute Gasteiger partial charge is 0.0913 e. The highest BCUT2D eigenvalue weighted by molar-refractivity contribution is 5.59. The molecule has 2 nitrogen and oxygen atoms in total. The van der Waals surface area contributed by atoms with E-state index >= 15 is 0 Å². The van der Waals surface area contributed by atoms with Crippen molar-refractivity contribution in [2.45, 2.75) is 13.3 Å². The fraction of sp³-hybridized carbons (Fsp3) is 0.308. The molecule has 2 aliphatic rings. The lowest BCUT2D eigenvalue weighted by atomic mass is 10.2. The van der Waals surface area contributed by atoms with Crippen molar-refractivity contribution in [3.8, 4) is 0 Å². The second-order valence-corrected chi connectivity index (χ2v) is 3.83. The van der Waals surface area contributed by atoms with E-state index in [9.17, 15) is 0 Å². The first-order valence-electron chi connectivity index (χ1n) is 5.32. The Balaban J connectivity index is 1.95. The van der Waals surface area contributed by atoms with Crippen LogP contribution in [0.15, 0.2) is 52.7 Å². The van der Waals surface area contributed by atoms with Crippen LogP contribution in [0.25, 0.3) is 0 Å². The molecule has 0 aromatic carbocycles. The van der Waals surface area contributed by atoms with E-state index in [-0.39, 0.29) is 0 Å². The van der Waals surface area contributed by atoms with E-state index in [1.807, 2.05) is 13.3 Å². The maximum absolute atomic E-state index is 4.29. The van der Waals surface area contributed by atoms with E-state index in [0.717, 1.165) is 25.2 Å². The van der Waals surface area contributed by atoms with Gasteiger partial charge >= 0.3 is 0 Å². The van der Waals surface area contributed by atoms with Gasteiger partial charge in [0.15, 0.2) is 0 Å². The van der Waals surface area contributed by atoms with Gasteiger partial charge in [-0.15, -0.1) is 0 Å². The third-order valence-corrected chi connectivity index (χ3v) is 2.48. The predicted octanol–water partition coefficient (Wildman–Crippen LogP) is 2.68. The quantitative estimate of drug-likeness (QED) is 0.669. The van der Waals surface area contributed by atoms with Crippen LogP contribution in [0.2, 0.25) is 0 Å². The normalized spacial score (nSPS) is 19.9. The summed E-state index contributed by atoms with van der Waals surface area (Å²) in [6.07, 6.45) is 16.0. The molecule has 0 spiro atoms. The highest BCUT2D eigenvalue weighted by Gasteiger charge is 2.04. The van der Waals surface area contributed by atoms with Crippen LogP contribution in [-0.2, 0) is 0 Å². The summed E-state index contributed by atoms with van der Waals surface area (Å²) < 4.78 is 0. The fourth-order valence-electron chi connectivity index (χ4n) is 1.59. The van der Waals surface area contributed by atoms with E-state index in [1.54, 1.807) is 0 Å². The molecule has 1 heterocycles. The SMILES string of the molecule is CC1=CCN(CC2=CC=CCC=C2)C=N1. The van der Waals surface area contributed by atoms with Gasteiger partial charge in [0.05, 0.1) is 6.34 Å². The zero-order valence-corrected chi connectivity index (χ0v) is 9.06. The molecule has 0 aromatic rings. The molecule has 1 aliphatic heterocycles. The molecule has 0 amide bonds. The van der Waals surface area contributed by atoms with E-state index in [0.29, 0.717) is 0 Å². The van der Waals surface area contributed by atoms with Gasteiger partial charge in [-0.2, -0.15) is 0 Å². The monoisotopic (exact) mass is 200 g/mol. The minimum Gasteiger partial charge on any atom is -0.354 e. The van der Waals surface area contributed by atoms with Crippen molar-refractivity contribution >= 4 is 6.34 Å². The molecule has 2 heteroatoms. The first-order chi connectivity index (χ1) is 7.34. The molecular formula is C13H16N2. The topological polar surface area (TPSA) is 15.6 Å². The molecule has 0 atom stereocenters. The molecule has 0 N–H and O–H groups in total. The van der Waals surface area contributed by atoms with Crippen LogP contribution >= 0.6 is 0 Å². The van der Waals surface area contributed by atoms with Crippen molar-refractivity contribution < 1.29 is 0 Å².